The maximum atomic E-state index is 14.9. The minimum absolute atomic E-state index is 0.215. The summed E-state index contributed by atoms with van der Waals surface area (Å²) in [5.74, 6) is 2.70. The van der Waals surface area contributed by atoms with Crippen molar-refractivity contribution in [1.29, 1.82) is 0 Å². The van der Waals surface area contributed by atoms with Gasteiger partial charge < -0.3 is 15.1 Å². The molecule has 2 aliphatic heterocycles. The van der Waals surface area contributed by atoms with Gasteiger partial charge >= 0.3 is 0 Å². The molecule has 8 heteroatoms. The normalized spacial score (nSPS) is 26.6. The molecule has 1 N–H and O–H groups in total. The number of benzene rings is 1. The SMILES string of the molecule is Cc1nc(N2CC([C@H]3CCCN(C4CC(C)C4)C3)C2)nc(N[C@H](C)c2ccc(Cl)cc2Cl)c1F. The Balaban J connectivity index is 1.23. The third-order valence-corrected chi connectivity index (χ3v) is 8.56. The van der Waals surface area contributed by atoms with E-state index in [1.54, 1.807) is 19.1 Å². The number of aromatic nitrogens is 2. The molecule has 2 atom stereocenters. The van der Waals surface area contributed by atoms with Crippen molar-refractivity contribution in [1.82, 2.24) is 14.9 Å². The van der Waals surface area contributed by atoms with Gasteiger partial charge in [0.15, 0.2) is 11.6 Å². The molecule has 1 aromatic carbocycles. The molecule has 184 valence electrons. The molecule has 1 saturated carbocycles. The first-order valence-corrected chi connectivity index (χ1v) is 13.3. The van der Waals surface area contributed by atoms with E-state index in [1.165, 1.54) is 38.8 Å². The smallest absolute Gasteiger partial charge is 0.227 e. The van der Waals surface area contributed by atoms with Gasteiger partial charge in [0.2, 0.25) is 5.95 Å². The van der Waals surface area contributed by atoms with Crippen LogP contribution in [0.1, 0.15) is 56.8 Å². The fraction of sp³-hybridized carbons (Fsp3) is 0.615. The van der Waals surface area contributed by atoms with Gasteiger partial charge in [-0.1, -0.05) is 36.2 Å². The number of aryl methyl sites for hydroxylation is 1. The number of rotatable bonds is 6. The zero-order valence-electron chi connectivity index (χ0n) is 20.2. The Morgan fingerprint density at radius 3 is 2.59 bits per heavy atom. The fourth-order valence-electron chi connectivity index (χ4n) is 5.81. The lowest BCUT2D eigenvalue weighted by atomic mass is 9.76. The lowest BCUT2D eigenvalue weighted by molar-refractivity contribution is 0.0294. The second-order valence-corrected chi connectivity index (χ2v) is 11.4. The van der Waals surface area contributed by atoms with Crippen LogP contribution in [0.3, 0.4) is 0 Å². The zero-order valence-corrected chi connectivity index (χ0v) is 21.7. The van der Waals surface area contributed by atoms with Crippen molar-refractivity contribution in [3.63, 3.8) is 0 Å². The summed E-state index contributed by atoms with van der Waals surface area (Å²) >= 11 is 12.4. The van der Waals surface area contributed by atoms with Crippen LogP contribution in [0.4, 0.5) is 16.2 Å². The molecule has 34 heavy (non-hydrogen) atoms. The number of likely N-dealkylation sites (tertiary alicyclic amines) is 1. The summed E-state index contributed by atoms with van der Waals surface area (Å²) in [5.41, 5.74) is 1.20. The lowest BCUT2D eigenvalue weighted by Gasteiger charge is -2.50. The molecule has 2 aromatic rings. The largest absolute Gasteiger partial charge is 0.361 e. The van der Waals surface area contributed by atoms with Crippen LogP contribution >= 0.6 is 23.2 Å². The highest BCUT2D eigenvalue weighted by atomic mass is 35.5. The number of piperidine rings is 1. The van der Waals surface area contributed by atoms with E-state index in [1.807, 2.05) is 13.0 Å². The van der Waals surface area contributed by atoms with Crippen LogP contribution in [-0.4, -0.2) is 47.1 Å². The minimum atomic E-state index is -0.421. The Morgan fingerprint density at radius 2 is 1.88 bits per heavy atom. The van der Waals surface area contributed by atoms with Crippen molar-refractivity contribution in [2.45, 2.75) is 58.5 Å². The van der Waals surface area contributed by atoms with E-state index in [9.17, 15) is 4.39 Å². The van der Waals surface area contributed by atoms with Crippen LogP contribution in [0.5, 0.6) is 0 Å². The van der Waals surface area contributed by atoms with E-state index < -0.39 is 5.82 Å². The third kappa shape index (κ3) is 4.87. The van der Waals surface area contributed by atoms with Crippen LogP contribution in [0.2, 0.25) is 10.0 Å². The molecule has 5 rings (SSSR count). The van der Waals surface area contributed by atoms with Crippen LogP contribution in [-0.2, 0) is 0 Å². The fourth-order valence-corrected chi connectivity index (χ4v) is 6.38. The number of hydrogen-bond donors (Lipinski definition) is 1. The summed E-state index contributed by atoms with van der Waals surface area (Å²) in [4.78, 5) is 14.0. The number of nitrogens with zero attached hydrogens (tertiary/aromatic N) is 4. The molecule has 3 aliphatic rings. The number of nitrogens with one attached hydrogen (secondary N) is 1. The maximum Gasteiger partial charge on any atom is 0.227 e. The first-order valence-electron chi connectivity index (χ1n) is 12.5. The van der Waals surface area contributed by atoms with Crippen molar-refractivity contribution in [3.8, 4) is 0 Å². The molecule has 0 bridgehead atoms. The van der Waals surface area contributed by atoms with Gasteiger partial charge in [-0.15, -0.1) is 0 Å². The van der Waals surface area contributed by atoms with Crippen molar-refractivity contribution in [2.75, 3.05) is 36.4 Å². The Hall–Kier alpha value is -1.63. The van der Waals surface area contributed by atoms with Crippen LogP contribution in [0.15, 0.2) is 18.2 Å². The summed E-state index contributed by atoms with van der Waals surface area (Å²) in [5, 5.41) is 4.31. The first-order chi connectivity index (χ1) is 16.3. The molecule has 0 radical (unpaired) electrons. The third-order valence-electron chi connectivity index (χ3n) is 8.00. The molecular weight excluding hydrogens is 472 g/mol. The average molecular weight is 506 g/mol. The molecule has 0 unspecified atom stereocenters. The summed E-state index contributed by atoms with van der Waals surface area (Å²) in [6, 6.07) is 5.91. The van der Waals surface area contributed by atoms with E-state index in [0.29, 0.717) is 27.6 Å². The van der Waals surface area contributed by atoms with Gasteiger partial charge in [-0.25, -0.2) is 9.37 Å². The van der Waals surface area contributed by atoms with E-state index in [-0.39, 0.29) is 11.9 Å². The lowest BCUT2D eigenvalue weighted by Crippen LogP contribution is -2.56. The molecule has 1 aliphatic carbocycles. The topological polar surface area (TPSA) is 44.3 Å². The molecule has 1 aromatic heterocycles. The predicted molar refractivity (Wildman–Crippen MR) is 137 cm³/mol. The van der Waals surface area contributed by atoms with E-state index in [0.717, 1.165) is 36.5 Å². The summed E-state index contributed by atoms with van der Waals surface area (Å²) in [6.45, 7) is 10.4. The Kier molecular flexibility index (Phi) is 6.93. The van der Waals surface area contributed by atoms with Crippen molar-refractivity contribution in [2.24, 2.45) is 17.8 Å². The second-order valence-electron chi connectivity index (χ2n) is 10.6. The van der Waals surface area contributed by atoms with Crippen molar-refractivity contribution < 1.29 is 4.39 Å². The van der Waals surface area contributed by atoms with Crippen LogP contribution in [0.25, 0.3) is 0 Å². The predicted octanol–water partition coefficient (Wildman–Crippen LogP) is 6.35. The van der Waals surface area contributed by atoms with Gasteiger partial charge in [0.1, 0.15) is 0 Å². The summed E-state index contributed by atoms with van der Waals surface area (Å²) < 4.78 is 14.9. The van der Waals surface area contributed by atoms with Crippen molar-refractivity contribution in [3.05, 3.63) is 45.3 Å². The van der Waals surface area contributed by atoms with Gasteiger partial charge in [-0.3, -0.25) is 0 Å². The average Bonchev–Trinajstić information content (AvgIpc) is 2.74. The number of hydrogen-bond acceptors (Lipinski definition) is 5. The number of anilines is 2. The van der Waals surface area contributed by atoms with Crippen LogP contribution in [0, 0.1) is 30.5 Å². The highest BCUT2D eigenvalue weighted by molar-refractivity contribution is 6.35. The van der Waals surface area contributed by atoms with E-state index >= 15 is 0 Å². The van der Waals surface area contributed by atoms with Crippen molar-refractivity contribution >= 4 is 35.0 Å². The molecular formula is C26H34Cl2FN5. The van der Waals surface area contributed by atoms with Gasteiger partial charge in [-0.05, 0) is 81.5 Å². The minimum Gasteiger partial charge on any atom is -0.361 e. The summed E-state index contributed by atoms with van der Waals surface area (Å²) in [6.07, 6.45) is 5.34. The molecule has 0 spiro atoms. The molecule has 2 saturated heterocycles. The molecule has 5 nitrogen and oxygen atoms in total. The van der Waals surface area contributed by atoms with Gasteiger partial charge in [0.25, 0.3) is 0 Å². The van der Waals surface area contributed by atoms with Gasteiger partial charge in [-0.2, -0.15) is 4.98 Å². The monoisotopic (exact) mass is 505 g/mol. The second kappa shape index (κ2) is 9.79. The highest BCUT2D eigenvalue weighted by Crippen LogP contribution is 2.38. The Bertz CT molecular complexity index is 1040. The molecule has 3 fully saturated rings. The van der Waals surface area contributed by atoms with Crippen LogP contribution < -0.4 is 10.2 Å². The van der Waals surface area contributed by atoms with E-state index in [2.05, 4.69) is 32.0 Å². The number of halogens is 3. The molecule has 3 heterocycles. The quantitative estimate of drug-likeness (QED) is 0.495. The first kappa shape index (κ1) is 24.1. The van der Waals surface area contributed by atoms with Gasteiger partial charge in [0.05, 0.1) is 11.7 Å². The molecule has 0 amide bonds. The Morgan fingerprint density at radius 1 is 1.12 bits per heavy atom. The van der Waals surface area contributed by atoms with E-state index in [4.69, 9.17) is 23.2 Å². The zero-order chi connectivity index (χ0) is 24.0. The summed E-state index contributed by atoms with van der Waals surface area (Å²) in [7, 11) is 0. The maximum absolute atomic E-state index is 14.9. The standard InChI is InChI=1S/C26H34Cl2FN5/c1-15-9-21(10-15)33-8-4-5-18(12-33)19-13-34(14-19)26-31-17(3)24(29)25(32-26)30-16(2)22-7-6-20(27)11-23(22)28/h6-7,11,15-16,18-19,21H,4-5,8-10,12-14H2,1-3H3,(H,30,31,32)/t15?,16-,18+,21?/m1/s1. The Labute approximate surface area is 212 Å². The highest BCUT2D eigenvalue weighted by Gasteiger charge is 2.40. The van der Waals surface area contributed by atoms with Gasteiger partial charge in [0, 0.05) is 35.7 Å².